The number of benzene rings is 1. The molecule has 1 aliphatic rings. The monoisotopic (exact) mass is 415 g/mol. The van der Waals surface area contributed by atoms with E-state index in [0.717, 1.165) is 12.1 Å². The number of hydrogen-bond donors (Lipinski definition) is 1. The van der Waals surface area contributed by atoms with Crippen molar-refractivity contribution in [1.82, 2.24) is 14.3 Å². The van der Waals surface area contributed by atoms with E-state index in [4.69, 9.17) is 0 Å². The predicted octanol–water partition coefficient (Wildman–Crippen LogP) is 3.66. The average molecular weight is 416 g/mol. The second kappa shape index (κ2) is 7.96. The Kier molecular flexibility index (Phi) is 5.40. The molecule has 1 aliphatic heterocycles. The van der Waals surface area contributed by atoms with Gasteiger partial charge in [0.25, 0.3) is 0 Å². The highest BCUT2D eigenvalue weighted by Gasteiger charge is 2.35. The summed E-state index contributed by atoms with van der Waals surface area (Å²) < 4.78 is 27.5. The summed E-state index contributed by atoms with van der Waals surface area (Å²) in [6.07, 6.45) is 2.41. The maximum atomic E-state index is 12.8. The minimum atomic E-state index is -3.48. The third-order valence-electron chi connectivity index (χ3n) is 4.50. The Morgan fingerprint density at radius 2 is 2.00 bits per heavy atom. The lowest BCUT2D eigenvalue weighted by atomic mass is 10.2. The molecule has 28 heavy (non-hydrogen) atoms. The van der Waals surface area contributed by atoms with E-state index in [-0.39, 0.29) is 6.67 Å². The molecule has 1 fully saturated rings. The van der Waals surface area contributed by atoms with Crippen molar-refractivity contribution in [3.8, 4) is 0 Å². The molecular weight excluding hydrogens is 394 g/mol. The molecule has 9 heteroatoms. The van der Waals surface area contributed by atoms with Crippen LogP contribution in [0.1, 0.15) is 12.0 Å². The van der Waals surface area contributed by atoms with Gasteiger partial charge in [-0.15, -0.1) is 4.31 Å². The van der Waals surface area contributed by atoms with Crippen molar-refractivity contribution < 1.29 is 8.76 Å². The van der Waals surface area contributed by atoms with E-state index >= 15 is 0 Å². The molecule has 1 saturated heterocycles. The van der Waals surface area contributed by atoms with Gasteiger partial charge in [-0.05, 0) is 43.0 Å². The van der Waals surface area contributed by atoms with Gasteiger partial charge < -0.3 is 14.8 Å². The van der Waals surface area contributed by atoms with Crippen LogP contribution in [-0.2, 0) is 14.6 Å². The number of aryl methyl sites for hydroxylation is 1. The van der Waals surface area contributed by atoms with Crippen LogP contribution in [0.15, 0.2) is 58.3 Å². The molecular formula is C19H21N5O2S2. The molecule has 3 aromatic rings. The number of nitrogens with one attached hydrogen (secondary N) is 1. The summed E-state index contributed by atoms with van der Waals surface area (Å²) in [6, 6.07) is 13.2. The zero-order chi connectivity index (χ0) is 19.6. The fraction of sp³-hybridized carbons (Fsp3) is 0.263. The molecule has 0 bridgehead atoms. The molecule has 7 nitrogen and oxygen atoms in total. The van der Waals surface area contributed by atoms with Crippen LogP contribution in [0.25, 0.3) is 0 Å². The van der Waals surface area contributed by atoms with Crippen molar-refractivity contribution in [2.24, 2.45) is 0 Å². The highest BCUT2D eigenvalue weighted by molar-refractivity contribution is 7.97. The largest absolute Gasteiger partial charge is 0.592 e. The number of aromatic nitrogens is 2. The third kappa shape index (κ3) is 4.07. The molecule has 1 N–H and O–H groups in total. The zero-order valence-corrected chi connectivity index (χ0v) is 17.1. The van der Waals surface area contributed by atoms with E-state index in [9.17, 15) is 8.76 Å². The first-order chi connectivity index (χ1) is 13.5. The van der Waals surface area contributed by atoms with Crippen LogP contribution in [0.5, 0.6) is 0 Å². The van der Waals surface area contributed by atoms with Gasteiger partial charge in [-0.1, -0.05) is 33.2 Å². The molecule has 4 rings (SSSR count). The Labute approximate surface area is 169 Å². The van der Waals surface area contributed by atoms with Crippen molar-refractivity contribution >= 4 is 39.2 Å². The van der Waals surface area contributed by atoms with Gasteiger partial charge in [0, 0.05) is 31.0 Å². The summed E-state index contributed by atoms with van der Waals surface area (Å²) in [7, 11) is -3.48. The topological polar surface area (TPSA) is 84.4 Å². The average Bonchev–Trinajstić information content (AvgIpc) is 3.26. The Hall–Kier alpha value is -2.33. The van der Waals surface area contributed by atoms with Gasteiger partial charge in [-0.25, -0.2) is 4.98 Å². The van der Waals surface area contributed by atoms with Gasteiger partial charge in [-0.2, -0.15) is 4.98 Å². The Balaban J connectivity index is 1.51. The minimum absolute atomic E-state index is 0.244. The van der Waals surface area contributed by atoms with E-state index in [2.05, 4.69) is 15.3 Å². The molecule has 0 amide bonds. The number of sulfonamides is 1. The first-order valence-corrected chi connectivity index (χ1v) is 11.3. The van der Waals surface area contributed by atoms with Crippen LogP contribution < -0.4 is 10.2 Å². The molecule has 1 aromatic carbocycles. The second-order valence-corrected chi connectivity index (χ2v) is 9.72. The summed E-state index contributed by atoms with van der Waals surface area (Å²) >= 11 is 1.24. The van der Waals surface area contributed by atoms with Crippen LogP contribution in [0.3, 0.4) is 0 Å². The number of anilines is 3. The summed E-state index contributed by atoms with van der Waals surface area (Å²) in [6.45, 7) is 3.50. The van der Waals surface area contributed by atoms with Crippen molar-refractivity contribution in [3.05, 3.63) is 59.6 Å². The fourth-order valence-electron chi connectivity index (χ4n) is 3.02. The first-order valence-electron chi connectivity index (χ1n) is 8.98. The highest BCUT2D eigenvalue weighted by atomic mass is 32.3. The number of nitrogens with zero attached hydrogens (tertiary/aromatic N) is 4. The van der Waals surface area contributed by atoms with Gasteiger partial charge in [0.1, 0.15) is 12.5 Å². The Morgan fingerprint density at radius 1 is 1.18 bits per heavy atom. The second-order valence-electron chi connectivity index (χ2n) is 6.60. The molecule has 0 radical (unpaired) electrons. The van der Waals surface area contributed by atoms with E-state index in [1.54, 1.807) is 29.8 Å². The normalized spacial score (nSPS) is 17.3. The van der Waals surface area contributed by atoms with E-state index < -0.39 is 10.4 Å². The van der Waals surface area contributed by atoms with Crippen LogP contribution >= 0.6 is 11.3 Å². The van der Waals surface area contributed by atoms with Gasteiger partial charge >= 0.3 is 0 Å². The van der Waals surface area contributed by atoms with Crippen molar-refractivity contribution in [2.75, 3.05) is 30.0 Å². The van der Waals surface area contributed by atoms with Crippen LogP contribution in [0.4, 0.5) is 17.5 Å². The number of hydrogen-bond acceptors (Lipinski definition) is 7. The maximum Gasteiger partial charge on any atom is 0.229 e. The van der Waals surface area contributed by atoms with E-state index in [1.807, 2.05) is 36.1 Å². The molecule has 0 aliphatic carbocycles. The fourth-order valence-corrected chi connectivity index (χ4v) is 5.61. The van der Waals surface area contributed by atoms with Crippen LogP contribution in [0.2, 0.25) is 0 Å². The third-order valence-corrected chi connectivity index (χ3v) is 7.71. The smallest absolute Gasteiger partial charge is 0.229 e. The molecule has 3 heterocycles. The van der Waals surface area contributed by atoms with Crippen LogP contribution in [-0.4, -0.2) is 38.6 Å². The maximum absolute atomic E-state index is 12.8. The minimum Gasteiger partial charge on any atom is -0.592 e. The zero-order valence-electron chi connectivity index (χ0n) is 15.4. The Bertz CT molecular complexity index is 978. The SMILES string of the molecule is Cc1ccc(Nc2ccnc(N3CCCN([S+](=O)([O-])c4cccs4)C3)n2)cc1. The van der Waals surface area contributed by atoms with Gasteiger partial charge in [-0.3, -0.25) is 0 Å². The van der Waals surface area contributed by atoms with Crippen molar-refractivity contribution in [1.29, 1.82) is 0 Å². The van der Waals surface area contributed by atoms with Crippen molar-refractivity contribution in [2.45, 2.75) is 17.6 Å². The quantitative estimate of drug-likeness (QED) is 0.640. The lowest BCUT2D eigenvalue weighted by molar-refractivity contribution is 0.322. The lowest BCUT2D eigenvalue weighted by Gasteiger charge is -2.36. The molecule has 146 valence electrons. The predicted molar refractivity (Wildman–Crippen MR) is 111 cm³/mol. The van der Waals surface area contributed by atoms with E-state index in [1.165, 1.54) is 21.2 Å². The number of thiophene rings is 1. The lowest BCUT2D eigenvalue weighted by Crippen LogP contribution is -2.50. The van der Waals surface area contributed by atoms with Gasteiger partial charge in [0.2, 0.25) is 10.2 Å². The van der Waals surface area contributed by atoms with Crippen LogP contribution in [0, 0.1) is 6.92 Å². The summed E-state index contributed by atoms with van der Waals surface area (Å²) in [5.74, 6) is 1.19. The van der Waals surface area contributed by atoms with E-state index in [0.29, 0.717) is 29.1 Å². The van der Waals surface area contributed by atoms with Gasteiger partial charge in [0.15, 0.2) is 10.4 Å². The summed E-state index contributed by atoms with van der Waals surface area (Å²) in [5.41, 5.74) is 2.13. The standard InChI is InChI=1S/C19H21N5O2S2/c1-15-5-7-16(8-6-15)21-17-9-10-20-19(22-17)23-11-3-12-24(14-23)28(25,26)18-4-2-13-27-18/h2,4-10,13H,3,11-12,14H2,1H3,(H-,20,21,22,25,26). The Morgan fingerprint density at radius 3 is 2.75 bits per heavy atom. The number of rotatable bonds is 5. The molecule has 1 unspecified atom stereocenters. The molecule has 1 atom stereocenters. The highest BCUT2D eigenvalue weighted by Crippen LogP contribution is 2.28. The summed E-state index contributed by atoms with van der Waals surface area (Å²) in [5, 5.41) is 5.04. The summed E-state index contributed by atoms with van der Waals surface area (Å²) in [4.78, 5) is 10.8. The first kappa shape index (κ1) is 19.0. The van der Waals surface area contributed by atoms with Crippen molar-refractivity contribution in [3.63, 3.8) is 0 Å². The molecule has 0 spiro atoms. The van der Waals surface area contributed by atoms with Gasteiger partial charge in [0.05, 0.1) is 0 Å². The molecule has 2 aromatic heterocycles. The molecule has 0 saturated carbocycles.